The summed E-state index contributed by atoms with van der Waals surface area (Å²) in [6.45, 7) is 6.92. The minimum absolute atomic E-state index is 0.0879. The van der Waals surface area contributed by atoms with Gasteiger partial charge in [0.1, 0.15) is 0 Å². The van der Waals surface area contributed by atoms with E-state index in [0.29, 0.717) is 18.0 Å². The number of hydrogen-bond donors (Lipinski definition) is 2. The fraction of sp³-hybridized carbons (Fsp3) is 0.412. The Hall–Kier alpha value is -4.04. The van der Waals surface area contributed by atoms with E-state index in [4.69, 9.17) is 9.47 Å². The third kappa shape index (κ3) is 5.43. The Morgan fingerprint density at radius 3 is 2.24 bits per heavy atom. The SMILES string of the molecule is CCc1cccc(CC)c1NC(=O)CN1C[C@H](c2ccc3c(c2)OCO3)C(C(=O)O)[C@@H]1c1ccc(N2CCCC2)cc1. The van der Waals surface area contributed by atoms with Crippen LogP contribution >= 0.6 is 0 Å². The van der Waals surface area contributed by atoms with Crippen molar-refractivity contribution in [1.29, 1.82) is 0 Å². The van der Waals surface area contributed by atoms with Crippen LogP contribution in [0.15, 0.2) is 60.7 Å². The summed E-state index contributed by atoms with van der Waals surface area (Å²) in [5.74, 6) is -0.802. The van der Waals surface area contributed by atoms with Gasteiger partial charge in [-0.05, 0) is 72.2 Å². The van der Waals surface area contributed by atoms with Crippen LogP contribution < -0.4 is 19.7 Å². The Morgan fingerprint density at radius 1 is 0.905 bits per heavy atom. The van der Waals surface area contributed by atoms with Crippen molar-refractivity contribution < 1.29 is 24.2 Å². The second kappa shape index (κ2) is 12.1. The Kier molecular flexibility index (Phi) is 8.07. The maximum absolute atomic E-state index is 13.6. The number of benzene rings is 3. The number of para-hydroxylation sites is 1. The zero-order valence-electron chi connectivity index (χ0n) is 24.3. The number of amides is 1. The highest BCUT2D eigenvalue weighted by Gasteiger charge is 2.48. The van der Waals surface area contributed by atoms with Crippen LogP contribution in [0.3, 0.4) is 0 Å². The molecule has 0 aliphatic carbocycles. The normalized spacial score (nSPS) is 21.6. The molecule has 3 aliphatic heterocycles. The highest BCUT2D eigenvalue weighted by atomic mass is 16.7. The van der Waals surface area contributed by atoms with E-state index in [2.05, 4.69) is 36.2 Å². The topological polar surface area (TPSA) is 91.3 Å². The molecular weight excluding hydrogens is 530 g/mol. The molecule has 3 heterocycles. The molecule has 2 fully saturated rings. The van der Waals surface area contributed by atoms with Gasteiger partial charge in [0.05, 0.1) is 12.5 Å². The van der Waals surface area contributed by atoms with Gasteiger partial charge in [0.2, 0.25) is 12.7 Å². The number of aliphatic carboxylic acids is 1. The van der Waals surface area contributed by atoms with E-state index in [-0.39, 0.29) is 25.2 Å². The molecule has 6 rings (SSSR count). The van der Waals surface area contributed by atoms with Crippen LogP contribution in [0.5, 0.6) is 11.5 Å². The summed E-state index contributed by atoms with van der Waals surface area (Å²) in [5.41, 5.74) is 6.00. The monoisotopic (exact) mass is 569 g/mol. The van der Waals surface area contributed by atoms with Gasteiger partial charge in [0, 0.05) is 43.0 Å². The molecular formula is C34H39N3O5. The van der Waals surface area contributed by atoms with Crippen molar-refractivity contribution in [2.75, 3.05) is 43.2 Å². The third-order valence-electron chi connectivity index (χ3n) is 9.02. The molecule has 2 N–H and O–H groups in total. The molecule has 42 heavy (non-hydrogen) atoms. The zero-order chi connectivity index (χ0) is 29.2. The highest BCUT2D eigenvalue weighted by molar-refractivity contribution is 5.94. The summed E-state index contributed by atoms with van der Waals surface area (Å²) in [5, 5.41) is 13.8. The molecule has 0 saturated carbocycles. The summed E-state index contributed by atoms with van der Waals surface area (Å²) in [7, 11) is 0. The van der Waals surface area contributed by atoms with Crippen LogP contribution in [-0.2, 0) is 22.4 Å². The lowest BCUT2D eigenvalue weighted by Crippen LogP contribution is -2.35. The lowest BCUT2D eigenvalue weighted by atomic mass is 9.82. The minimum atomic E-state index is -0.876. The lowest BCUT2D eigenvalue weighted by molar-refractivity contribution is -0.143. The molecule has 0 bridgehead atoms. The zero-order valence-corrected chi connectivity index (χ0v) is 24.3. The quantitative estimate of drug-likeness (QED) is 0.346. The first-order valence-electron chi connectivity index (χ1n) is 15.1. The number of anilines is 2. The third-order valence-corrected chi connectivity index (χ3v) is 9.02. The number of rotatable bonds is 9. The van der Waals surface area contributed by atoms with Gasteiger partial charge in [-0.2, -0.15) is 0 Å². The van der Waals surface area contributed by atoms with Crippen LogP contribution in [-0.4, -0.2) is 54.9 Å². The van der Waals surface area contributed by atoms with Gasteiger partial charge >= 0.3 is 5.97 Å². The van der Waals surface area contributed by atoms with Gasteiger partial charge in [0.15, 0.2) is 11.5 Å². The average molecular weight is 570 g/mol. The van der Waals surface area contributed by atoms with Gasteiger partial charge in [-0.25, -0.2) is 0 Å². The maximum atomic E-state index is 13.6. The van der Waals surface area contributed by atoms with Crippen LogP contribution in [0.2, 0.25) is 0 Å². The molecule has 8 nitrogen and oxygen atoms in total. The number of likely N-dealkylation sites (tertiary alicyclic amines) is 1. The summed E-state index contributed by atoms with van der Waals surface area (Å²) < 4.78 is 11.1. The van der Waals surface area contributed by atoms with Crippen molar-refractivity contribution >= 4 is 23.3 Å². The number of carboxylic acids is 1. The van der Waals surface area contributed by atoms with Crippen LogP contribution in [0.1, 0.15) is 60.9 Å². The number of ether oxygens (including phenoxy) is 2. The number of nitrogens with one attached hydrogen (secondary N) is 1. The molecule has 1 unspecified atom stereocenters. The predicted octanol–water partition coefficient (Wildman–Crippen LogP) is 5.62. The average Bonchev–Trinajstić information content (AvgIpc) is 3.77. The number of nitrogens with zero attached hydrogens (tertiary/aromatic N) is 2. The van der Waals surface area contributed by atoms with Crippen molar-refractivity contribution in [3.63, 3.8) is 0 Å². The predicted molar refractivity (Wildman–Crippen MR) is 162 cm³/mol. The van der Waals surface area contributed by atoms with Crippen molar-refractivity contribution in [3.05, 3.63) is 82.9 Å². The second-order valence-electron chi connectivity index (χ2n) is 11.4. The van der Waals surface area contributed by atoms with Gasteiger partial charge in [0.25, 0.3) is 0 Å². The summed E-state index contributed by atoms with van der Waals surface area (Å²) in [6.07, 6.45) is 4.00. The standard InChI is InChI=1S/C34H39N3O5/c1-3-22-8-7-9-23(4-2)32(22)35-30(38)20-37-19-27(25-12-15-28-29(18-25)42-21-41-28)31(34(39)40)33(37)24-10-13-26(14-11-24)36-16-5-6-17-36/h7-15,18,27,31,33H,3-6,16-17,19-21H2,1-2H3,(H,35,38)(H,39,40)/t27-,31?,33+/m1/s1. The smallest absolute Gasteiger partial charge is 0.309 e. The van der Waals surface area contributed by atoms with E-state index in [1.807, 2.05) is 53.4 Å². The Labute approximate surface area is 247 Å². The molecule has 3 aromatic carbocycles. The fourth-order valence-corrected chi connectivity index (χ4v) is 6.90. The van der Waals surface area contributed by atoms with E-state index >= 15 is 0 Å². The molecule has 0 radical (unpaired) electrons. The van der Waals surface area contributed by atoms with E-state index in [0.717, 1.165) is 59.6 Å². The number of hydrogen-bond acceptors (Lipinski definition) is 6. The largest absolute Gasteiger partial charge is 0.481 e. The number of carbonyl (C=O) groups excluding carboxylic acids is 1. The first-order chi connectivity index (χ1) is 20.5. The molecule has 3 aliphatic rings. The number of aryl methyl sites for hydroxylation is 2. The number of fused-ring (bicyclic) bond motifs is 1. The van der Waals surface area contributed by atoms with E-state index < -0.39 is 17.9 Å². The Bertz CT molecular complexity index is 1430. The van der Waals surface area contributed by atoms with Crippen molar-refractivity contribution in [1.82, 2.24) is 4.90 Å². The second-order valence-corrected chi connectivity index (χ2v) is 11.4. The molecule has 3 atom stereocenters. The molecule has 8 heteroatoms. The molecule has 220 valence electrons. The lowest BCUT2D eigenvalue weighted by Gasteiger charge is -2.28. The molecule has 1 amide bonds. The van der Waals surface area contributed by atoms with E-state index in [1.54, 1.807) is 0 Å². The first kappa shape index (κ1) is 28.1. The molecule has 0 aromatic heterocycles. The number of carbonyl (C=O) groups is 2. The van der Waals surface area contributed by atoms with E-state index in [1.165, 1.54) is 12.8 Å². The summed E-state index contributed by atoms with van der Waals surface area (Å²) in [6, 6.07) is 19.6. The van der Waals surface area contributed by atoms with Gasteiger partial charge in [-0.1, -0.05) is 50.2 Å². The Balaban J connectivity index is 1.33. The van der Waals surface area contributed by atoms with Gasteiger partial charge < -0.3 is 24.8 Å². The summed E-state index contributed by atoms with van der Waals surface area (Å²) >= 11 is 0. The van der Waals surface area contributed by atoms with Crippen LogP contribution in [0, 0.1) is 5.92 Å². The van der Waals surface area contributed by atoms with Crippen LogP contribution in [0.4, 0.5) is 11.4 Å². The first-order valence-corrected chi connectivity index (χ1v) is 15.1. The summed E-state index contributed by atoms with van der Waals surface area (Å²) in [4.78, 5) is 31.0. The number of carboxylic acid groups (broad SMARTS) is 1. The minimum Gasteiger partial charge on any atom is -0.481 e. The van der Waals surface area contributed by atoms with Gasteiger partial charge in [-0.15, -0.1) is 0 Å². The van der Waals surface area contributed by atoms with E-state index in [9.17, 15) is 14.7 Å². The maximum Gasteiger partial charge on any atom is 0.309 e. The molecule has 3 aromatic rings. The van der Waals surface area contributed by atoms with Crippen molar-refractivity contribution in [2.45, 2.75) is 51.5 Å². The molecule has 0 spiro atoms. The fourth-order valence-electron chi connectivity index (χ4n) is 6.90. The van der Waals surface area contributed by atoms with Crippen molar-refractivity contribution in [2.24, 2.45) is 5.92 Å². The van der Waals surface area contributed by atoms with Crippen molar-refractivity contribution in [3.8, 4) is 11.5 Å². The molecule has 2 saturated heterocycles. The Morgan fingerprint density at radius 2 is 1.57 bits per heavy atom. The van der Waals surface area contributed by atoms with Gasteiger partial charge in [-0.3, -0.25) is 14.5 Å². The highest BCUT2D eigenvalue weighted by Crippen LogP contribution is 2.48. The van der Waals surface area contributed by atoms with Crippen LogP contribution in [0.25, 0.3) is 0 Å².